The van der Waals surface area contributed by atoms with Gasteiger partial charge in [-0.3, -0.25) is 4.79 Å². The number of halogens is 1. The lowest BCUT2D eigenvalue weighted by Crippen LogP contribution is -2.14. The van der Waals surface area contributed by atoms with Gasteiger partial charge in [0.15, 0.2) is 5.82 Å². The van der Waals surface area contributed by atoms with Crippen LogP contribution in [0.2, 0.25) is 5.02 Å². The van der Waals surface area contributed by atoms with Crippen molar-refractivity contribution < 1.29 is 0 Å². The van der Waals surface area contributed by atoms with E-state index in [0.29, 0.717) is 27.2 Å². The first-order valence-electron chi connectivity index (χ1n) is 8.48. The number of thioether (sulfide) groups is 1. The number of nitrogens with two attached hydrogens (primary N) is 1. The fourth-order valence-electron chi connectivity index (χ4n) is 2.86. The third-order valence-electron chi connectivity index (χ3n) is 4.47. The minimum Gasteiger partial charge on any atom is -0.335 e. The quantitative estimate of drug-likeness (QED) is 0.372. The van der Waals surface area contributed by atoms with Crippen molar-refractivity contribution in [3.63, 3.8) is 0 Å². The first-order chi connectivity index (χ1) is 13.3. The summed E-state index contributed by atoms with van der Waals surface area (Å²) < 4.78 is 1.42. The molecule has 0 amide bonds. The molecule has 0 aliphatic carbocycles. The smallest absolute Gasteiger partial charge is 0.259 e. The Kier molecular flexibility index (Phi) is 4.90. The maximum absolute atomic E-state index is 12.5. The standard InChI is InChI=1S/C18H17ClN6OS2/c1-8-9(2)27-17-13(8)16(26)21-14(22-17)10(3)28-18-24-23-15(25(18)20)11-5-4-6-12(19)7-11/h4-7,10H,20H2,1-3H3,(H,21,22,26). The van der Waals surface area contributed by atoms with Gasteiger partial charge in [-0.1, -0.05) is 35.5 Å². The third kappa shape index (κ3) is 3.30. The van der Waals surface area contributed by atoms with Gasteiger partial charge in [-0.15, -0.1) is 21.5 Å². The summed E-state index contributed by atoms with van der Waals surface area (Å²) in [6, 6.07) is 7.26. The molecule has 28 heavy (non-hydrogen) atoms. The normalized spacial score (nSPS) is 12.6. The fraction of sp³-hybridized carbons (Fsp3) is 0.222. The molecule has 0 radical (unpaired) electrons. The molecule has 3 aromatic heterocycles. The zero-order valence-electron chi connectivity index (χ0n) is 15.4. The van der Waals surface area contributed by atoms with Crippen LogP contribution in [0.1, 0.15) is 28.4 Å². The molecular weight excluding hydrogens is 416 g/mol. The van der Waals surface area contributed by atoms with E-state index >= 15 is 0 Å². The van der Waals surface area contributed by atoms with Crippen LogP contribution in [0.25, 0.3) is 21.6 Å². The molecule has 0 aliphatic heterocycles. The van der Waals surface area contributed by atoms with Crippen LogP contribution in [0.3, 0.4) is 0 Å². The molecule has 0 fully saturated rings. The summed E-state index contributed by atoms with van der Waals surface area (Å²) in [5.74, 6) is 7.29. The van der Waals surface area contributed by atoms with Gasteiger partial charge in [-0.05, 0) is 38.5 Å². The van der Waals surface area contributed by atoms with Gasteiger partial charge in [0.2, 0.25) is 5.16 Å². The lowest BCUT2D eigenvalue weighted by molar-refractivity contribution is 0.835. The molecule has 7 nitrogen and oxygen atoms in total. The van der Waals surface area contributed by atoms with Crippen molar-refractivity contribution in [1.29, 1.82) is 0 Å². The lowest BCUT2D eigenvalue weighted by atomic mass is 10.2. The molecule has 10 heteroatoms. The average Bonchev–Trinajstić information content (AvgIpc) is 3.15. The van der Waals surface area contributed by atoms with E-state index in [4.69, 9.17) is 17.4 Å². The summed E-state index contributed by atoms with van der Waals surface area (Å²) in [6.45, 7) is 5.88. The third-order valence-corrected chi connectivity index (χ3v) is 6.87. The van der Waals surface area contributed by atoms with Gasteiger partial charge in [0.1, 0.15) is 10.7 Å². The molecular formula is C18H17ClN6OS2. The van der Waals surface area contributed by atoms with Crippen LogP contribution >= 0.6 is 34.7 Å². The predicted octanol–water partition coefficient (Wildman–Crippen LogP) is 4.08. The molecule has 0 saturated heterocycles. The highest BCUT2D eigenvalue weighted by Crippen LogP contribution is 2.34. The first-order valence-corrected chi connectivity index (χ1v) is 10.6. The number of hydrogen-bond acceptors (Lipinski definition) is 7. The summed E-state index contributed by atoms with van der Waals surface area (Å²) in [6.07, 6.45) is 0. The first kappa shape index (κ1) is 19.0. The van der Waals surface area contributed by atoms with E-state index in [9.17, 15) is 4.79 Å². The molecule has 3 heterocycles. The van der Waals surface area contributed by atoms with Gasteiger partial charge < -0.3 is 10.8 Å². The Hall–Kier alpha value is -2.36. The number of benzene rings is 1. The number of aryl methyl sites for hydroxylation is 2. The predicted molar refractivity (Wildman–Crippen MR) is 115 cm³/mol. The van der Waals surface area contributed by atoms with Crippen molar-refractivity contribution >= 4 is 44.9 Å². The van der Waals surface area contributed by atoms with Crippen LogP contribution in [0.5, 0.6) is 0 Å². The van der Waals surface area contributed by atoms with E-state index in [1.54, 1.807) is 12.1 Å². The molecule has 1 atom stereocenters. The Morgan fingerprint density at radius 3 is 2.86 bits per heavy atom. The number of fused-ring (bicyclic) bond motifs is 1. The van der Waals surface area contributed by atoms with Crippen LogP contribution in [-0.4, -0.2) is 24.8 Å². The van der Waals surface area contributed by atoms with Gasteiger partial charge in [0.05, 0.1) is 10.6 Å². The minimum atomic E-state index is -0.168. The van der Waals surface area contributed by atoms with E-state index in [0.717, 1.165) is 20.8 Å². The number of thiophene rings is 1. The van der Waals surface area contributed by atoms with Gasteiger partial charge >= 0.3 is 0 Å². The zero-order chi connectivity index (χ0) is 20.0. The SMILES string of the molecule is Cc1sc2nc(C(C)Sc3nnc(-c4cccc(Cl)c4)n3N)[nH]c(=O)c2c1C. The molecule has 1 aromatic carbocycles. The number of nitrogens with zero attached hydrogens (tertiary/aromatic N) is 4. The maximum Gasteiger partial charge on any atom is 0.259 e. The number of hydrogen-bond donors (Lipinski definition) is 2. The summed E-state index contributed by atoms with van der Waals surface area (Å²) in [5.41, 5.74) is 1.64. The summed E-state index contributed by atoms with van der Waals surface area (Å²) >= 11 is 8.95. The number of aromatic nitrogens is 5. The number of nitrogen functional groups attached to an aromatic ring is 1. The van der Waals surface area contributed by atoms with Crippen LogP contribution in [0.4, 0.5) is 0 Å². The molecule has 0 aliphatic rings. The second-order valence-electron chi connectivity index (χ2n) is 6.36. The number of aromatic amines is 1. The van der Waals surface area contributed by atoms with Crippen LogP contribution in [-0.2, 0) is 0 Å². The van der Waals surface area contributed by atoms with Crippen LogP contribution in [0.15, 0.2) is 34.2 Å². The average molecular weight is 433 g/mol. The molecule has 4 rings (SSSR count). The molecule has 0 saturated carbocycles. The zero-order valence-corrected chi connectivity index (χ0v) is 17.7. The number of rotatable bonds is 4. The second kappa shape index (κ2) is 7.23. The second-order valence-corrected chi connectivity index (χ2v) is 9.31. The Morgan fingerprint density at radius 2 is 2.11 bits per heavy atom. The van der Waals surface area contributed by atoms with Crippen molar-refractivity contribution in [2.75, 3.05) is 5.84 Å². The summed E-state index contributed by atoms with van der Waals surface area (Å²) in [5, 5.41) is 9.96. The molecule has 0 bridgehead atoms. The Balaban J connectivity index is 1.65. The van der Waals surface area contributed by atoms with E-state index in [1.807, 2.05) is 32.9 Å². The van der Waals surface area contributed by atoms with Gasteiger partial charge in [-0.25, -0.2) is 9.66 Å². The highest BCUT2D eigenvalue weighted by atomic mass is 35.5. The van der Waals surface area contributed by atoms with Crippen molar-refractivity contribution in [1.82, 2.24) is 24.8 Å². The van der Waals surface area contributed by atoms with Crippen molar-refractivity contribution in [2.45, 2.75) is 31.2 Å². The van der Waals surface area contributed by atoms with Gasteiger partial charge in [0, 0.05) is 15.5 Å². The van der Waals surface area contributed by atoms with E-state index in [1.165, 1.54) is 27.8 Å². The number of H-pyrrole nitrogens is 1. The van der Waals surface area contributed by atoms with E-state index in [-0.39, 0.29) is 10.8 Å². The molecule has 3 N–H and O–H groups in total. The maximum atomic E-state index is 12.5. The largest absolute Gasteiger partial charge is 0.335 e. The number of nitrogens with one attached hydrogen (secondary N) is 1. The summed E-state index contributed by atoms with van der Waals surface area (Å²) in [4.78, 5) is 21.9. The fourth-order valence-corrected chi connectivity index (χ4v) is 4.91. The van der Waals surface area contributed by atoms with Crippen LogP contribution < -0.4 is 11.4 Å². The monoisotopic (exact) mass is 432 g/mol. The van der Waals surface area contributed by atoms with E-state index < -0.39 is 0 Å². The molecule has 0 spiro atoms. The Bertz CT molecular complexity index is 1240. The van der Waals surface area contributed by atoms with Crippen molar-refractivity contribution in [2.24, 2.45) is 0 Å². The Morgan fingerprint density at radius 1 is 1.32 bits per heavy atom. The Labute approximate surface area is 173 Å². The van der Waals surface area contributed by atoms with Crippen molar-refractivity contribution in [3.05, 3.63) is 55.9 Å². The molecule has 144 valence electrons. The summed E-state index contributed by atoms with van der Waals surface area (Å²) in [7, 11) is 0. The van der Waals surface area contributed by atoms with Crippen LogP contribution in [0, 0.1) is 13.8 Å². The highest BCUT2D eigenvalue weighted by molar-refractivity contribution is 7.99. The highest BCUT2D eigenvalue weighted by Gasteiger charge is 2.20. The lowest BCUT2D eigenvalue weighted by Gasteiger charge is -2.10. The van der Waals surface area contributed by atoms with Crippen molar-refractivity contribution in [3.8, 4) is 11.4 Å². The minimum absolute atomic E-state index is 0.122. The molecule has 1 unspecified atom stereocenters. The van der Waals surface area contributed by atoms with Gasteiger partial charge in [0.25, 0.3) is 5.56 Å². The van der Waals surface area contributed by atoms with Gasteiger partial charge in [-0.2, -0.15) is 0 Å². The molecule has 4 aromatic rings. The van der Waals surface area contributed by atoms with E-state index in [2.05, 4.69) is 20.2 Å². The topological polar surface area (TPSA) is 102 Å².